The van der Waals surface area contributed by atoms with Crippen LogP contribution in [0.3, 0.4) is 0 Å². The molecule has 1 aromatic heterocycles. The van der Waals surface area contributed by atoms with E-state index in [9.17, 15) is 4.79 Å². The topological polar surface area (TPSA) is 45.8 Å². The average Bonchev–Trinajstić information content (AvgIpc) is 2.62. The molecule has 0 bridgehead atoms. The molecule has 0 aliphatic carbocycles. The molecule has 0 radical (unpaired) electrons. The Balaban J connectivity index is 2.04. The number of nitrogens with zero attached hydrogens (tertiary/aromatic N) is 2. The van der Waals surface area contributed by atoms with Gasteiger partial charge in [0, 0.05) is 45.7 Å². The fourth-order valence-electron chi connectivity index (χ4n) is 2.92. The van der Waals surface area contributed by atoms with Gasteiger partial charge in [0.2, 0.25) is 0 Å². The summed E-state index contributed by atoms with van der Waals surface area (Å²) in [6, 6.07) is 16.7. The van der Waals surface area contributed by atoms with E-state index >= 15 is 0 Å². The van der Waals surface area contributed by atoms with E-state index in [0.717, 1.165) is 22.5 Å². The number of benzene rings is 2. The Hall–Kier alpha value is -2.54. The Morgan fingerprint density at radius 1 is 1.00 bits per heavy atom. The summed E-state index contributed by atoms with van der Waals surface area (Å²) in [5.41, 5.74) is 4.08. The van der Waals surface area contributed by atoms with Crippen molar-refractivity contribution in [3.8, 4) is 11.8 Å². The van der Waals surface area contributed by atoms with E-state index in [1.54, 1.807) is 30.5 Å². The molecule has 0 aliphatic rings. The largest absolute Gasteiger partial charge is 0.321 e. The monoisotopic (exact) mass is 382 g/mol. The molecule has 3 aromatic rings. The summed E-state index contributed by atoms with van der Waals surface area (Å²) in [6.07, 6.45) is 2.50. The van der Waals surface area contributed by atoms with Crippen molar-refractivity contribution < 1.29 is 0 Å². The van der Waals surface area contributed by atoms with E-state index in [1.165, 1.54) is 0 Å². The average molecular weight is 383 g/mol. The highest BCUT2D eigenvalue weighted by atomic mass is 35.5. The van der Waals surface area contributed by atoms with Gasteiger partial charge in [-0.1, -0.05) is 41.4 Å². The Morgan fingerprint density at radius 2 is 1.65 bits per heavy atom. The van der Waals surface area contributed by atoms with Gasteiger partial charge in [0.05, 0.1) is 12.5 Å². The molecule has 0 saturated heterocycles. The van der Waals surface area contributed by atoms with Crippen molar-refractivity contribution in [2.45, 2.75) is 19.8 Å². The maximum Gasteiger partial charge on any atom is 0.185 e. The summed E-state index contributed by atoms with van der Waals surface area (Å²) in [5, 5.41) is 9.89. The Kier molecular flexibility index (Phi) is 5.46. The molecule has 0 amide bonds. The molecule has 1 heterocycles. The van der Waals surface area contributed by atoms with Crippen LogP contribution in [-0.2, 0) is 12.8 Å². The Bertz CT molecular complexity index is 1030. The van der Waals surface area contributed by atoms with Crippen LogP contribution in [0.1, 0.15) is 22.4 Å². The van der Waals surface area contributed by atoms with E-state index in [-0.39, 0.29) is 5.43 Å². The highest BCUT2D eigenvalue weighted by molar-refractivity contribution is 6.36. The van der Waals surface area contributed by atoms with E-state index in [4.69, 9.17) is 28.5 Å². The molecular formula is C21H16Cl2N2O. The van der Waals surface area contributed by atoms with Crippen molar-refractivity contribution >= 4 is 23.2 Å². The van der Waals surface area contributed by atoms with Crippen molar-refractivity contribution in [2.75, 3.05) is 0 Å². The summed E-state index contributed by atoms with van der Waals surface area (Å²) in [5.74, 6) is 0. The van der Waals surface area contributed by atoms with Gasteiger partial charge in [-0.15, -0.1) is 0 Å². The smallest absolute Gasteiger partial charge is 0.185 e. The number of hydrogen-bond donors (Lipinski definition) is 0. The second kappa shape index (κ2) is 7.78. The summed E-state index contributed by atoms with van der Waals surface area (Å²) < 4.78 is 1.96. The van der Waals surface area contributed by atoms with E-state index in [1.807, 2.05) is 35.8 Å². The molecule has 5 heteroatoms. The van der Waals surface area contributed by atoms with Crippen LogP contribution in [0, 0.1) is 18.3 Å². The lowest BCUT2D eigenvalue weighted by Crippen LogP contribution is -2.16. The van der Waals surface area contributed by atoms with Gasteiger partial charge in [0.1, 0.15) is 0 Å². The first kappa shape index (κ1) is 18.3. The van der Waals surface area contributed by atoms with Gasteiger partial charge in [-0.05, 0) is 42.3 Å². The minimum Gasteiger partial charge on any atom is -0.321 e. The van der Waals surface area contributed by atoms with Crippen LogP contribution in [0.5, 0.6) is 0 Å². The third-order valence-electron chi connectivity index (χ3n) is 4.38. The molecule has 26 heavy (non-hydrogen) atoms. The predicted molar refractivity (Wildman–Crippen MR) is 105 cm³/mol. The second-order valence-corrected chi connectivity index (χ2v) is 6.81. The number of rotatable bonds is 4. The van der Waals surface area contributed by atoms with Crippen LogP contribution in [-0.4, -0.2) is 4.57 Å². The zero-order valence-corrected chi connectivity index (χ0v) is 15.7. The van der Waals surface area contributed by atoms with Crippen molar-refractivity contribution in [1.82, 2.24) is 4.57 Å². The Labute approximate surface area is 162 Å². The molecule has 0 unspecified atom stereocenters. The minimum absolute atomic E-state index is 0.0455. The zero-order valence-electron chi connectivity index (χ0n) is 14.2. The van der Waals surface area contributed by atoms with Crippen LogP contribution in [0.25, 0.3) is 5.69 Å². The van der Waals surface area contributed by atoms with Gasteiger partial charge in [-0.25, -0.2) is 0 Å². The van der Waals surface area contributed by atoms with Crippen molar-refractivity contribution in [1.29, 1.82) is 5.26 Å². The molecule has 0 atom stereocenters. The molecule has 0 fully saturated rings. The third-order valence-corrected chi connectivity index (χ3v) is 5.09. The van der Waals surface area contributed by atoms with Crippen molar-refractivity contribution in [3.63, 3.8) is 0 Å². The fraction of sp³-hybridized carbons (Fsp3) is 0.143. The van der Waals surface area contributed by atoms with Crippen LogP contribution >= 0.6 is 23.2 Å². The number of pyridine rings is 1. The van der Waals surface area contributed by atoms with Gasteiger partial charge in [0.25, 0.3) is 0 Å². The number of nitriles is 1. The lowest BCUT2D eigenvalue weighted by atomic mass is 10.0. The SMILES string of the molecule is Cc1c(Cc2c(Cl)cccc2Cl)c(=O)ccn1-c1ccc(CC#N)cc1. The summed E-state index contributed by atoms with van der Waals surface area (Å²) >= 11 is 12.5. The quantitative estimate of drug-likeness (QED) is 0.629. The summed E-state index contributed by atoms with van der Waals surface area (Å²) in [4.78, 5) is 12.5. The number of halogens is 2. The van der Waals surface area contributed by atoms with Gasteiger partial charge in [0.15, 0.2) is 5.43 Å². The summed E-state index contributed by atoms with van der Waals surface area (Å²) in [6.45, 7) is 1.91. The molecule has 130 valence electrons. The van der Waals surface area contributed by atoms with E-state index in [0.29, 0.717) is 28.5 Å². The lowest BCUT2D eigenvalue weighted by Gasteiger charge is -2.15. The normalized spacial score (nSPS) is 10.5. The second-order valence-electron chi connectivity index (χ2n) is 5.99. The highest BCUT2D eigenvalue weighted by Gasteiger charge is 2.13. The minimum atomic E-state index is -0.0455. The molecular weight excluding hydrogens is 367 g/mol. The maximum absolute atomic E-state index is 12.5. The summed E-state index contributed by atoms with van der Waals surface area (Å²) in [7, 11) is 0. The molecule has 0 aliphatic heterocycles. The van der Waals surface area contributed by atoms with Gasteiger partial charge < -0.3 is 4.57 Å². The number of aromatic nitrogens is 1. The number of hydrogen-bond acceptors (Lipinski definition) is 2. The molecule has 0 N–H and O–H groups in total. The third kappa shape index (κ3) is 3.67. The Morgan fingerprint density at radius 3 is 2.27 bits per heavy atom. The first-order valence-electron chi connectivity index (χ1n) is 8.11. The van der Waals surface area contributed by atoms with E-state index in [2.05, 4.69) is 6.07 Å². The molecule has 2 aromatic carbocycles. The molecule has 0 saturated carbocycles. The fourth-order valence-corrected chi connectivity index (χ4v) is 3.45. The van der Waals surface area contributed by atoms with Gasteiger partial charge >= 0.3 is 0 Å². The van der Waals surface area contributed by atoms with E-state index < -0.39 is 0 Å². The van der Waals surface area contributed by atoms with Crippen LogP contribution in [0.15, 0.2) is 59.5 Å². The van der Waals surface area contributed by atoms with Gasteiger partial charge in [-0.3, -0.25) is 4.79 Å². The molecule has 3 rings (SSSR count). The van der Waals surface area contributed by atoms with Crippen LogP contribution in [0.4, 0.5) is 0 Å². The highest BCUT2D eigenvalue weighted by Crippen LogP contribution is 2.27. The maximum atomic E-state index is 12.5. The predicted octanol–water partition coefficient (Wildman–Crippen LogP) is 5.11. The first-order chi connectivity index (χ1) is 12.5. The molecule has 3 nitrogen and oxygen atoms in total. The lowest BCUT2D eigenvalue weighted by molar-refractivity contribution is 0.929. The standard InChI is InChI=1S/C21H16Cl2N2O/c1-14-17(13-18-19(22)3-2-4-20(18)23)21(26)10-12-25(14)16-7-5-15(6-8-16)9-11-24/h2-8,10,12H,9,13H2,1H3. The van der Waals surface area contributed by atoms with Crippen LogP contribution < -0.4 is 5.43 Å². The first-order valence-corrected chi connectivity index (χ1v) is 8.87. The zero-order chi connectivity index (χ0) is 18.7. The van der Waals surface area contributed by atoms with Crippen molar-refractivity contribution in [3.05, 3.63) is 97.4 Å². The van der Waals surface area contributed by atoms with Crippen molar-refractivity contribution in [2.24, 2.45) is 0 Å². The van der Waals surface area contributed by atoms with Crippen LogP contribution in [0.2, 0.25) is 10.0 Å². The molecule has 0 spiro atoms. The van der Waals surface area contributed by atoms with Gasteiger partial charge in [-0.2, -0.15) is 5.26 Å².